The van der Waals surface area contributed by atoms with E-state index < -0.39 is 17.7 Å². The maximum atomic E-state index is 12.7. The predicted molar refractivity (Wildman–Crippen MR) is 129 cm³/mol. The van der Waals surface area contributed by atoms with Crippen molar-refractivity contribution in [3.63, 3.8) is 0 Å². The summed E-state index contributed by atoms with van der Waals surface area (Å²) < 4.78 is 27.0. The number of nitrogens with zero attached hydrogens (tertiary/aromatic N) is 1. The molecule has 1 aromatic heterocycles. The van der Waals surface area contributed by atoms with Gasteiger partial charge in [0.05, 0.1) is 45.1 Å². The van der Waals surface area contributed by atoms with E-state index in [2.05, 4.69) is 10.3 Å². The molecule has 0 aliphatic carbocycles. The van der Waals surface area contributed by atoms with Crippen LogP contribution in [0.15, 0.2) is 26.3 Å². The summed E-state index contributed by atoms with van der Waals surface area (Å²) in [5.74, 6) is 0.589. The molecule has 190 valence electrons. The molecule has 0 saturated carbocycles. The van der Waals surface area contributed by atoms with E-state index >= 15 is 0 Å². The Morgan fingerprint density at radius 1 is 1.12 bits per heavy atom. The average Bonchev–Trinajstić information content (AvgIpc) is 3.31. The second kappa shape index (κ2) is 15.6. The normalized spacial score (nSPS) is 16.2. The number of rotatable bonds is 17. The van der Waals surface area contributed by atoms with Gasteiger partial charge in [0.2, 0.25) is 5.91 Å². The van der Waals surface area contributed by atoms with E-state index in [1.165, 1.54) is 24.8 Å². The number of carbonyl (C=O) groups excluding carboxylic acids is 2. The van der Waals surface area contributed by atoms with Crippen LogP contribution in [0.4, 0.5) is 0 Å². The fraction of sp³-hybridized carbons (Fsp3) is 0.652. The molecule has 2 heterocycles. The van der Waals surface area contributed by atoms with Crippen LogP contribution in [0, 0.1) is 0 Å². The smallest absolute Gasteiger partial charge is 0.339 e. The van der Waals surface area contributed by atoms with E-state index in [4.69, 9.17) is 23.4 Å². The molecule has 0 fully saturated rings. The number of aliphatic imine (C=N–C) groups is 1. The van der Waals surface area contributed by atoms with E-state index in [-0.39, 0.29) is 18.3 Å². The van der Waals surface area contributed by atoms with Crippen molar-refractivity contribution >= 4 is 28.5 Å². The molecule has 2 atom stereocenters. The van der Waals surface area contributed by atoms with Crippen LogP contribution in [0.2, 0.25) is 0 Å². The molecule has 0 saturated heterocycles. The van der Waals surface area contributed by atoms with Crippen molar-refractivity contribution in [2.75, 3.05) is 52.0 Å². The lowest BCUT2D eigenvalue weighted by atomic mass is 10.1. The van der Waals surface area contributed by atoms with E-state index in [9.17, 15) is 14.4 Å². The highest BCUT2D eigenvalue weighted by Gasteiger charge is 2.29. The minimum absolute atomic E-state index is 0.153. The van der Waals surface area contributed by atoms with Crippen molar-refractivity contribution in [1.82, 2.24) is 5.32 Å². The van der Waals surface area contributed by atoms with Gasteiger partial charge in [-0.2, -0.15) is 0 Å². The van der Waals surface area contributed by atoms with Gasteiger partial charge in [-0.15, -0.1) is 11.8 Å². The lowest BCUT2D eigenvalue weighted by Crippen LogP contribution is -2.37. The van der Waals surface area contributed by atoms with Crippen LogP contribution in [-0.4, -0.2) is 74.8 Å². The van der Waals surface area contributed by atoms with E-state index in [0.29, 0.717) is 68.4 Å². The molecule has 2 unspecified atom stereocenters. The predicted octanol–water partition coefficient (Wildman–Crippen LogP) is 2.15. The number of ether oxygens (including phenoxy) is 4. The molecule has 0 spiro atoms. The first kappa shape index (κ1) is 28.0. The summed E-state index contributed by atoms with van der Waals surface area (Å²) in [6, 6.07) is 1.70. The highest BCUT2D eigenvalue weighted by atomic mass is 32.2. The number of amides is 1. The minimum Gasteiger partial charge on any atom is -0.491 e. The lowest BCUT2D eigenvalue weighted by Gasteiger charge is -2.19. The largest absolute Gasteiger partial charge is 0.491 e. The summed E-state index contributed by atoms with van der Waals surface area (Å²) in [4.78, 5) is 40.4. The topological polar surface area (TPSA) is 126 Å². The van der Waals surface area contributed by atoms with Crippen LogP contribution in [0.25, 0.3) is 0 Å². The summed E-state index contributed by atoms with van der Waals surface area (Å²) in [5, 5.41) is 3.25. The summed E-state index contributed by atoms with van der Waals surface area (Å²) in [5.41, 5.74) is -0.570. The van der Waals surface area contributed by atoms with Crippen LogP contribution >= 0.6 is 11.8 Å². The fourth-order valence-corrected chi connectivity index (χ4v) is 4.02. The van der Waals surface area contributed by atoms with Crippen LogP contribution in [0.1, 0.15) is 45.4 Å². The van der Waals surface area contributed by atoms with Gasteiger partial charge in [-0.05, 0) is 13.3 Å². The van der Waals surface area contributed by atoms with Crippen molar-refractivity contribution in [3.05, 3.63) is 28.3 Å². The molecule has 0 radical (unpaired) electrons. The number of hydrogen-bond donors (Lipinski definition) is 1. The highest BCUT2D eigenvalue weighted by Crippen LogP contribution is 2.24. The van der Waals surface area contributed by atoms with Gasteiger partial charge in [-0.1, -0.05) is 13.3 Å². The van der Waals surface area contributed by atoms with Crippen LogP contribution in [0.3, 0.4) is 0 Å². The van der Waals surface area contributed by atoms with Gasteiger partial charge in [0, 0.05) is 25.3 Å². The maximum absolute atomic E-state index is 12.7. The third kappa shape index (κ3) is 9.96. The summed E-state index contributed by atoms with van der Waals surface area (Å²) >= 11 is 1.27. The molecular weight excluding hydrogens is 464 g/mol. The van der Waals surface area contributed by atoms with E-state index in [1.54, 1.807) is 6.07 Å². The van der Waals surface area contributed by atoms with Gasteiger partial charge < -0.3 is 28.7 Å². The van der Waals surface area contributed by atoms with E-state index in [1.807, 2.05) is 13.8 Å². The minimum atomic E-state index is -0.644. The monoisotopic (exact) mass is 498 g/mol. The third-order valence-corrected chi connectivity index (χ3v) is 5.85. The number of carbonyl (C=O) groups is 2. The van der Waals surface area contributed by atoms with Crippen molar-refractivity contribution < 1.29 is 33.0 Å². The van der Waals surface area contributed by atoms with Gasteiger partial charge >= 0.3 is 5.63 Å². The van der Waals surface area contributed by atoms with Crippen molar-refractivity contribution in [3.8, 4) is 5.75 Å². The Balaban J connectivity index is 1.85. The van der Waals surface area contributed by atoms with Crippen LogP contribution < -0.4 is 15.7 Å². The Kier molecular flexibility index (Phi) is 12.9. The van der Waals surface area contributed by atoms with Gasteiger partial charge in [-0.3, -0.25) is 14.6 Å². The van der Waals surface area contributed by atoms with Gasteiger partial charge in [0.25, 0.3) is 0 Å². The number of thioether (sulfide) groups is 1. The summed E-state index contributed by atoms with van der Waals surface area (Å²) in [7, 11) is 0. The Labute approximate surface area is 203 Å². The van der Waals surface area contributed by atoms with Crippen molar-refractivity contribution in [2.45, 2.75) is 45.7 Å². The first-order chi connectivity index (χ1) is 16.4. The SMILES string of the molecule is CCCC(NC(=O)C1CSC(C(C)=O)=N1)c1cc(OCCOCCOCCOCC)cc(=O)o1. The number of Topliss-reactive ketones (excluding diaryl/α,β-unsaturated/α-hetero) is 1. The number of hydrogen-bond acceptors (Lipinski definition) is 10. The van der Waals surface area contributed by atoms with Gasteiger partial charge in [0.1, 0.15) is 29.2 Å². The van der Waals surface area contributed by atoms with Gasteiger partial charge in [0.15, 0.2) is 5.78 Å². The molecule has 34 heavy (non-hydrogen) atoms. The maximum Gasteiger partial charge on any atom is 0.339 e. The molecule has 1 aliphatic heterocycles. The molecule has 2 rings (SSSR count). The molecule has 1 aliphatic rings. The van der Waals surface area contributed by atoms with Crippen LogP contribution in [-0.2, 0) is 23.8 Å². The second-order valence-corrected chi connectivity index (χ2v) is 8.46. The zero-order valence-electron chi connectivity index (χ0n) is 20.0. The van der Waals surface area contributed by atoms with Crippen molar-refractivity contribution in [2.24, 2.45) is 4.99 Å². The Hall–Kier alpha value is -2.21. The standard InChI is InChI=1S/C23H34N2O8S/c1-4-6-18(24-22(28)19-15-34-23(25-19)16(3)26)20-13-17(14-21(27)33-20)32-12-11-31-10-9-30-8-7-29-5-2/h13-14,18-19H,4-12,15H2,1-3H3,(H,24,28). The zero-order chi connectivity index (χ0) is 24.8. The molecule has 11 heteroatoms. The lowest BCUT2D eigenvalue weighted by molar-refractivity contribution is -0.122. The third-order valence-electron chi connectivity index (χ3n) is 4.70. The first-order valence-electron chi connectivity index (χ1n) is 11.5. The number of nitrogens with one attached hydrogen (secondary N) is 1. The van der Waals surface area contributed by atoms with Gasteiger partial charge in [-0.25, -0.2) is 4.79 Å². The Morgan fingerprint density at radius 2 is 1.79 bits per heavy atom. The first-order valence-corrected chi connectivity index (χ1v) is 12.5. The van der Waals surface area contributed by atoms with E-state index in [0.717, 1.165) is 6.42 Å². The van der Waals surface area contributed by atoms with Crippen molar-refractivity contribution in [1.29, 1.82) is 0 Å². The highest BCUT2D eigenvalue weighted by molar-refractivity contribution is 8.16. The Morgan fingerprint density at radius 3 is 2.41 bits per heavy atom. The zero-order valence-corrected chi connectivity index (χ0v) is 20.8. The second-order valence-electron chi connectivity index (χ2n) is 7.45. The summed E-state index contributed by atoms with van der Waals surface area (Å²) in [6.07, 6.45) is 1.31. The average molecular weight is 499 g/mol. The molecule has 1 amide bonds. The molecule has 10 nitrogen and oxygen atoms in total. The molecule has 1 aromatic rings. The molecule has 1 N–H and O–H groups in total. The Bertz CT molecular complexity index is 873. The molecule has 0 aromatic carbocycles. The number of ketones is 1. The molecular formula is C23H34N2O8S. The summed E-state index contributed by atoms with van der Waals surface area (Å²) in [6.45, 7) is 8.53. The molecule has 0 bridgehead atoms. The fourth-order valence-electron chi connectivity index (χ4n) is 3.07. The van der Waals surface area contributed by atoms with Crippen LogP contribution in [0.5, 0.6) is 5.75 Å². The quantitative estimate of drug-likeness (QED) is 0.322.